The maximum absolute atomic E-state index is 12.5. The number of benzene rings is 1. The van der Waals surface area contributed by atoms with Gasteiger partial charge in [0.25, 0.3) is 5.91 Å². The lowest BCUT2D eigenvalue weighted by molar-refractivity contribution is 0.0780. The second-order valence-corrected chi connectivity index (χ2v) is 6.16. The van der Waals surface area contributed by atoms with Crippen molar-refractivity contribution in [3.05, 3.63) is 45.7 Å². The Morgan fingerprint density at radius 2 is 2.10 bits per heavy atom. The van der Waals surface area contributed by atoms with Crippen LogP contribution < -0.4 is 5.73 Å². The Balaban J connectivity index is 2.18. The first kappa shape index (κ1) is 15.6. The molecule has 1 amide bonds. The highest BCUT2D eigenvalue weighted by Crippen LogP contribution is 2.24. The van der Waals surface area contributed by atoms with Gasteiger partial charge in [0.2, 0.25) is 0 Å². The Kier molecular flexibility index (Phi) is 4.67. The van der Waals surface area contributed by atoms with E-state index in [9.17, 15) is 4.79 Å². The molecule has 1 heterocycles. The van der Waals surface area contributed by atoms with Gasteiger partial charge in [0.15, 0.2) is 5.69 Å². The van der Waals surface area contributed by atoms with Crippen LogP contribution in [0.2, 0.25) is 0 Å². The monoisotopic (exact) mass is 350 g/mol. The number of nitrogens with two attached hydrogens (primary N) is 1. The molecular formula is C15H19BrN4O. The Labute approximate surface area is 132 Å². The number of halogens is 1. The number of H-pyrrole nitrogens is 1. The molecule has 0 aliphatic carbocycles. The normalized spacial score (nSPS) is 10.9. The number of aromatic amines is 1. The summed E-state index contributed by atoms with van der Waals surface area (Å²) in [6.07, 6.45) is 0. The first-order valence-corrected chi connectivity index (χ1v) is 7.53. The van der Waals surface area contributed by atoms with Crippen LogP contribution in [0.15, 0.2) is 28.7 Å². The lowest BCUT2D eigenvalue weighted by Crippen LogP contribution is -2.27. The van der Waals surface area contributed by atoms with Crippen molar-refractivity contribution in [2.45, 2.75) is 26.3 Å². The summed E-state index contributed by atoms with van der Waals surface area (Å²) in [5.74, 6) is 0.0130. The van der Waals surface area contributed by atoms with Crippen molar-refractivity contribution in [1.82, 2.24) is 15.1 Å². The molecule has 1 aromatic heterocycles. The van der Waals surface area contributed by atoms with Gasteiger partial charge in [0.05, 0.1) is 11.4 Å². The second-order valence-electron chi connectivity index (χ2n) is 5.31. The van der Waals surface area contributed by atoms with Crippen LogP contribution >= 0.6 is 15.9 Å². The van der Waals surface area contributed by atoms with Crippen LogP contribution in [-0.2, 0) is 6.54 Å². The first-order valence-electron chi connectivity index (χ1n) is 6.74. The van der Waals surface area contributed by atoms with Gasteiger partial charge in [-0.25, -0.2) is 0 Å². The number of carbonyl (C=O) groups is 1. The van der Waals surface area contributed by atoms with Gasteiger partial charge in [-0.3, -0.25) is 9.89 Å². The molecular weight excluding hydrogens is 332 g/mol. The number of aromatic nitrogens is 2. The summed E-state index contributed by atoms with van der Waals surface area (Å²) in [5, 5.41) is 6.92. The summed E-state index contributed by atoms with van der Waals surface area (Å²) in [7, 11) is 1.74. The smallest absolute Gasteiger partial charge is 0.276 e. The Hall–Kier alpha value is -1.82. The summed E-state index contributed by atoms with van der Waals surface area (Å²) in [5.41, 5.74) is 8.57. The van der Waals surface area contributed by atoms with E-state index in [1.807, 2.05) is 38.1 Å². The van der Waals surface area contributed by atoms with E-state index in [4.69, 9.17) is 5.73 Å². The molecule has 21 heavy (non-hydrogen) atoms. The zero-order valence-electron chi connectivity index (χ0n) is 12.4. The molecule has 0 bridgehead atoms. The van der Waals surface area contributed by atoms with Crippen LogP contribution in [0.1, 0.15) is 41.5 Å². The molecule has 0 spiro atoms. The number of nitrogen functional groups attached to an aromatic ring is 1. The van der Waals surface area contributed by atoms with Gasteiger partial charge in [-0.2, -0.15) is 5.10 Å². The van der Waals surface area contributed by atoms with Crippen LogP contribution in [-0.4, -0.2) is 28.1 Å². The largest absolute Gasteiger partial charge is 0.395 e. The standard InChI is InChI=1S/C15H19BrN4O/c1-9(2)13-12(17)14(19-18-13)15(21)20(3)8-10-6-4-5-7-11(10)16/h4-7,9H,8,17H2,1-3H3,(H,18,19). The predicted octanol–water partition coefficient (Wildman–Crippen LogP) is 3.15. The molecule has 2 rings (SSSR count). The average Bonchev–Trinajstić information content (AvgIpc) is 2.82. The number of carbonyl (C=O) groups excluding carboxylic acids is 1. The third kappa shape index (κ3) is 3.26. The van der Waals surface area contributed by atoms with Crippen LogP contribution in [0.3, 0.4) is 0 Å². The third-order valence-electron chi connectivity index (χ3n) is 3.33. The Morgan fingerprint density at radius 1 is 1.43 bits per heavy atom. The summed E-state index contributed by atoms with van der Waals surface area (Å²) in [6.45, 7) is 4.50. The maximum Gasteiger partial charge on any atom is 0.276 e. The third-order valence-corrected chi connectivity index (χ3v) is 4.10. The van der Waals surface area contributed by atoms with Crippen LogP contribution in [0, 0.1) is 0 Å². The minimum Gasteiger partial charge on any atom is -0.395 e. The van der Waals surface area contributed by atoms with Gasteiger partial charge in [-0.15, -0.1) is 0 Å². The molecule has 0 radical (unpaired) electrons. The van der Waals surface area contributed by atoms with Crippen molar-refractivity contribution in [3.8, 4) is 0 Å². The van der Waals surface area contributed by atoms with Crippen molar-refractivity contribution >= 4 is 27.5 Å². The van der Waals surface area contributed by atoms with Crippen molar-refractivity contribution in [3.63, 3.8) is 0 Å². The molecule has 5 nitrogen and oxygen atoms in total. The second kappa shape index (κ2) is 6.30. The van der Waals surface area contributed by atoms with Crippen molar-refractivity contribution in [1.29, 1.82) is 0 Å². The molecule has 1 aromatic carbocycles. The molecule has 0 fully saturated rings. The number of rotatable bonds is 4. The molecule has 0 atom stereocenters. The number of anilines is 1. The quantitative estimate of drug-likeness (QED) is 0.889. The molecule has 0 unspecified atom stereocenters. The highest BCUT2D eigenvalue weighted by Gasteiger charge is 2.22. The maximum atomic E-state index is 12.5. The summed E-state index contributed by atoms with van der Waals surface area (Å²) >= 11 is 3.48. The van der Waals surface area contributed by atoms with Crippen LogP contribution in [0.4, 0.5) is 5.69 Å². The van der Waals surface area contributed by atoms with Crippen molar-refractivity contribution in [2.75, 3.05) is 12.8 Å². The lowest BCUT2D eigenvalue weighted by Gasteiger charge is -2.17. The van der Waals surface area contributed by atoms with Crippen LogP contribution in [0.5, 0.6) is 0 Å². The summed E-state index contributed by atoms with van der Waals surface area (Å²) < 4.78 is 0.975. The Bertz CT molecular complexity index is 651. The van der Waals surface area contributed by atoms with Crippen molar-refractivity contribution < 1.29 is 4.79 Å². The van der Waals surface area contributed by atoms with Gasteiger partial charge in [0, 0.05) is 18.1 Å². The summed E-state index contributed by atoms with van der Waals surface area (Å²) in [4.78, 5) is 14.1. The first-order chi connectivity index (χ1) is 9.91. The molecule has 0 aliphatic heterocycles. The van der Waals surface area contributed by atoms with Gasteiger partial charge >= 0.3 is 0 Å². The van der Waals surface area contributed by atoms with E-state index < -0.39 is 0 Å². The minimum absolute atomic E-state index is 0.189. The Morgan fingerprint density at radius 3 is 2.67 bits per heavy atom. The summed E-state index contributed by atoms with van der Waals surface area (Å²) in [6, 6.07) is 7.81. The molecule has 2 aromatic rings. The van der Waals surface area contributed by atoms with Gasteiger partial charge in [-0.1, -0.05) is 48.0 Å². The molecule has 112 valence electrons. The minimum atomic E-state index is -0.189. The van der Waals surface area contributed by atoms with E-state index in [2.05, 4.69) is 26.1 Å². The van der Waals surface area contributed by atoms with E-state index >= 15 is 0 Å². The van der Waals surface area contributed by atoms with Gasteiger partial charge < -0.3 is 10.6 Å². The number of hydrogen-bond acceptors (Lipinski definition) is 3. The van der Waals surface area contributed by atoms with E-state index in [1.165, 1.54) is 0 Å². The van der Waals surface area contributed by atoms with E-state index in [0.29, 0.717) is 12.2 Å². The van der Waals surface area contributed by atoms with Crippen LogP contribution in [0.25, 0.3) is 0 Å². The van der Waals surface area contributed by atoms with Gasteiger partial charge in [-0.05, 0) is 17.5 Å². The van der Waals surface area contributed by atoms with Crippen molar-refractivity contribution in [2.24, 2.45) is 0 Å². The highest BCUT2D eigenvalue weighted by molar-refractivity contribution is 9.10. The lowest BCUT2D eigenvalue weighted by atomic mass is 10.1. The molecule has 6 heteroatoms. The topological polar surface area (TPSA) is 75.0 Å². The average molecular weight is 351 g/mol. The van der Waals surface area contributed by atoms with Gasteiger partial charge in [0.1, 0.15) is 0 Å². The zero-order valence-corrected chi connectivity index (χ0v) is 13.9. The fraction of sp³-hybridized carbons (Fsp3) is 0.333. The number of hydrogen-bond donors (Lipinski definition) is 2. The fourth-order valence-corrected chi connectivity index (χ4v) is 2.51. The number of nitrogens with zero attached hydrogens (tertiary/aromatic N) is 2. The molecule has 0 saturated carbocycles. The number of nitrogens with one attached hydrogen (secondary N) is 1. The zero-order chi connectivity index (χ0) is 15.6. The highest BCUT2D eigenvalue weighted by atomic mass is 79.9. The molecule has 0 aliphatic rings. The van der Waals surface area contributed by atoms with E-state index in [1.54, 1.807) is 11.9 Å². The van der Waals surface area contributed by atoms with E-state index in [-0.39, 0.29) is 17.5 Å². The molecule has 0 saturated heterocycles. The predicted molar refractivity (Wildman–Crippen MR) is 87.0 cm³/mol. The SMILES string of the molecule is CC(C)c1[nH]nc(C(=O)N(C)Cc2ccccc2Br)c1N. The number of amides is 1. The van der Waals surface area contributed by atoms with E-state index in [0.717, 1.165) is 15.7 Å². The fourth-order valence-electron chi connectivity index (χ4n) is 2.10. The molecule has 3 N–H and O–H groups in total.